The summed E-state index contributed by atoms with van der Waals surface area (Å²) in [5.41, 5.74) is 1.60. The Hall–Kier alpha value is -0.650. The van der Waals surface area contributed by atoms with E-state index in [2.05, 4.69) is 29.0 Å². The second-order valence-corrected chi connectivity index (χ2v) is 7.86. The summed E-state index contributed by atoms with van der Waals surface area (Å²) < 4.78 is 11.1. The molecule has 1 heterocycles. The minimum absolute atomic E-state index is 0.195. The number of benzene rings is 1. The van der Waals surface area contributed by atoms with Crippen LogP contribution in [0.1, 0.15) is 24.8 Å². The zero-order valence-corrected chi connectivity index (χ0v) is 16.3. The molecule has 0 N–H and O–H groups in total. The van der Waals surface area contributed by atoms with Crippen LogP contribution in [-0.2, 0) is 14.9 Å². The second kappa shape index (κ2) is 8.83. The summed E-state index contributed by atoms with van der Waals surface area (Å²) in [6.07, 6.45) is 3.75. The summed E-state index contributed by atoms with van der Waals surface area (Å²) in [6, 6.07) is 8.86. The van der Waals surface area contributed by atoms with E-state index in [1.54, 1.807) is 0 Å². The molecule has 2 aliphatic rings. The lowest BCUT2D eigenvalue weighted by molar-refractivity contribution is 0.00309. The third-order valence-electron chi connectivity index (χ3n) is 6.03. The molecule has 3 rings (SSSR count). The minimum Gasteiger partial charge on any atom is -0.383 e. The van der Waals surface area contributed by atoms with Gasteiger partial charge in [0.15, 0.2) is 0 Å². The SMILES string of the molecule is COCC(N(C)CCN1CCOCC1)C1(c2ccc(Cl)cc2)CCC1. The van der Waals surface area contributed by atoms with Gasteiger partial charge in [0.25, 0.3) is 0 Å². The third-order valence-corrected chi connectivity index (χ3v) is 6.28. The quantitative estimate of drug-likeness (QED) is 0.706. The summed E-state index contributed by atoms with van der Waals surface area (Å²) in [4.78, 5) is 5.01. The van der Waals surface area contributed by atoms with E-state index in [-0.39, 0.29) is 5.41 Å². The molecule has 1 aliphatic carbocycles. The van der Waals surface area contributed by atoms with Crippen LogP contribution in [0.4, 0.5) is 0 Å². The van der Waals surface area contributed by atoms with Gasteiger partial charge in [-0.1, -0.05) is 30.2 Å². The highest BCUT2D eigenvalue weighted by Crippen LogP contribution is 2.48. The molecule has 4 nitrogen and oxygen atoms in total. The number of halogens is 1. The van der Waals surface area contributed by atoms with Crippen molar-refractivity contribution in [1.29, 1.82) is 0 Å². The number of likely N-dealkylation sites (N-methyl/N-ethyl adjacent to an activating group) is 1. The first-order chi connectivity index (χ1) is 12.2. The fraction of sp³-hybridized carbons (Fsp3) is 0.700. The van der Waals surface area contributed by atoms with E-state index >= 15 is 0 Å². The number of methoxy groups -OCH3 is 1. The summed E-state index contributed by atoms with van der Waals surface area (Å²) in [5, 5.41) is 0.808. The van der Waals surface area contributed by atoms with Gasteiger partial charge in [-0.2, -0.15) is 0 Å². The normalized spacial score (nSPS) is 21.9. The van der Waals surface area contributed by atoms with Crippen molar-refractivity contribution in [1.82, 2.24) is 9.80 Å². The van der Waals surface area contributed by atoms with E-state index in [9.17, 15) is 0 Å². The molecule has 0 bridgehead atoms. The molecule has 5 heteroatoms. The van der Waals surface area contributed by atoms with Crippen molar-refractivity contribution in [3.8, 4) is 0 Å². The van der Waals surface area contributed by atoms with Crippen molar-refractivity contribution in [3.05, 3.63) is 34.9 Å². The minimum atomic E-state index is 0.195. The molecule has 0 amide bonds. The van der Waals surface area contributed by atoms with Crippen LogP contribution >= 0.6 is 11.6 Å². The van der Waals surface area contributed by atoms with Crippen molar-refractivity contribution in [2.24, 2.45) is 0 Å². The lowest BCUT2D eigenvalue weighted by atomic mass is 9.60. The molecule has 25 heavy (non-hydrogen) atoms. The van der Waals surface area contributed by atoms with Crippen LogP contribution in [0.5, 0.6) is 0 Å². The van der Waals surface area contributed by atoms with Crippen molar-refractivity contribution < 1.29 is 9.47 Å². The Bertz CT molecular complexity index is 527. The molecule has 1 saturated carbocycles. The number of morpholine rings is 1. The van der Waals surface area contributed by atoms with Gasteiger partial charge in [0.1, 0.15) is 0 Å². The first-order valence-electron chi connectivity index (χ1n) is 9.41. The van der Waals surface area contributed by atoms with Gasteiger partial charge >= 0.3 is 0 Å². The third kappa shape index (κ3) is 4.37. The molecule has 1 unspecified atom stereocenters. The molecule has 1 aliphatic heterocycles. The summed E-state index contributed by atoms with van der Waals surface area (Å²) in [7, 11) is 4.07. The van der Waals surface area contributed by atoms with Crippen LogP contribution in [0.3, 0.4) is 0 Å². The van der Waals surface area contributed by atoms with Gasteiger partial charge in [-0.15, -0.1) is 0 Å². The van der Waals surface area contributed by atoms with Crippen molar-refractivity contribution in [2.45, 2.75) is 30.7 Å². The molecule has 0 radical (unpaired) electrons. The van der Waals surface area contributed by atoms with E-state index in [1.165, 1.54) is 24.8 Å². The first-order valence-corrected chi connectivity index (χ1v) is 9.79. The molecular weight excluding hydrogens is 336 g/mol. The van der Waals surface area contributed by atoms with Gasteiger partial charge in [0.2, 0.25) is 0 Å². The summed E-state index contributed by atoms with van der Waals surface area (Å²) in [5.74, 6) is 0. The number of ether oxygens (including phenoxy) is 2. The Morgan fingerprint density at radius 2 is 1.92 bits per heavy atom. The van der Waals surface area contributed by atoms with Gasteiger partial charge in [-0.05, 0) is 37.6 Å². The Kier molecular flexibility index (Phi) is 6.75. The average Bonchev–Trinajstić information content (AvgIpc) is 2.60. The van der Waals surface area contributed by atoms with Gasteiger partial charge < -0.3 is 9.47 Å². The Morgan fingerprint density at radius 3 is 2.48 bits per heavy atom. The highest BCUT2D eigenvalue weighted by atomic mass is 35.5. The summed E-state index contributed by atoms with van der Waals surface area (Å²) >= 11 is 6.11. The van der Waals surface area contributed by atoms with Crippen LogP contribution in [0.25, 0.3) is 0 Å². The Morgan fingerprint density at radius 1 is 1.24 bits per heavy atom. The van der Waals surface area contributed by atoms with Gasteiger partial charge in [-0.3, -0.25) is 9.80 Å². The predicted octanol–water partition coefficient (Wildman–Crippen LogP) is 3.04. The maximum absolute atomic E-state index is 6.11. The molecule has 140 valence electrons. The van der Waals surface area contributed by atoms with Crippen molar-refractivity contribution in [2.75, 3.05) is 60.2 Å². The van der Waals surface area contributed by atoms with E-state index in [0.29, 0.717) is 6.04 Å². The topological polar surface area (TPSA) is 24.9 Å². The number of nitrogens with zero attached hydrogens (tertiary/aromatic N) is 2. The van der Waals surface area contributed by atoms with Crippen LogP contribution in [0.2, 0.25) is 5.02 Å². The first kappa shape index (κ1) is 19.1. The van der Waals surface area contributed by atoms with Crippen LogP contribution < -0.4 is 0 Å². The average molecular weight is 367 g/mol. The van der Waals surface area contributed by atoms with Crippen molar-refractivity contribution >= 4 is 11.6 Å². The number of hydrogen-bond acceptors (Lipinski definition) is 4. The smallest absolute Gasteiger partial charge is 0.0626 e. The van der Waals surface area contributed by atoms with Crippen LogP contribution in [-0.4, -0.2) is 76.0 Å². The highest BCUT2D eigenvalue weighted by molar-refractivity contribution is 6.30. The van der Waals surface area contributed by atoms with Gasteiger partial charge in [0, 0.05) is 49.8 Å². The number of hydrogen-bond donors (Lipinski definition) is 0. The molecule has 2 fully saturated rings. The second-order valence-electron chi connectivity index (χ2n) is 7.42. The molecule has 1 aromatic carbocycles. The molecule has 1 aromatic rings. The van der Waals surface area contributed by atoms with Gasteiger partial charge in [-0.25, -0.2) is 0 Å². The fourth-order valence-corrected chi connectivity index (χ4v) is 4.43. The fourth-order valence-electron chi connectivity index (χ4n) is 4.30. The molecular formula is C20H31ClN2O2. The molecule has 0 spiro atoms. The van der Waals surface area contributed by atoms with E-state index in [0.717, 1.165) is 51.0 Å². The maximum Gasteiger partial charge on any atom is 0.0626 e. The van der Waals surface area contributed by atoms with E-state index < -0.39 is 0 Å². The lowest BCUT2D eigenvalue weighted by Gasteiger charge is -2.51. The number of rotatable bonds is 8. The van der Waals surface area contributed by atoms with Crippen LogP contribution in [0.15, 0.2) is 24.3 Å². The summed E-state index contributed by atoms with van der Waals surface area (Å²) in [6.45, 7) is 6.73. The Labute approximate surface area is 157 Å². The lowest BCUT2D eigenvalue weighted by Crippen LogP contribution is -2.56. The highest BCUT2D eigenvalue weighted by Gasteiger charge is 2.47. The predicted molar refractivity (Wildman–Crippen MR) is 103 cm³/mol. The standard InChI is InChI=1S/C20H31ClN2O2/c1-22(10-11-23-12-14-25-15-13-23)19(16-24-2)20(8-3-9-20)17-4-6-18(21)7-5-17/h4-7,19H,3,8-16H2,1-2H3. The van der Waals surface area contributed by atoms with E-state index in [1.807, 2.05) is 19.2 Å². The molecule has 0 aromatic heterocycles. The monoisotopic (exact) mass is 366 g/mol. The maximum atomic E-state index is 6.11. The molecule has 1 atom stereocenters. The van der Waals surface area contributed by atoms with Gasteiger partial charge in [0.05, 0.1) is 19.8 Å². The zero-order valence-electron chi connectivity index (χ0n) is 15.5. The Balaban J connectivity index is 1.70. The largest absolute Gasteiger partial charge is 0.383 e. The van der Waals surface area contributed by atoms with Crippen molar-refractivity contribution in [3.63, 3.8) is 0 Å². The molecule has 1 saturated heterocycles. The zero-order chi connectivity index (χ0) is 17.7. The van der Waals surface area contributed by atoms with E-state index in [4.69, 9.17) is 21.1 Å². The van der Waals surface area contributed by atoms with Crippen LogP contribution in [0, 0.1) is 0 Å².